The van der Waals surface area contributed by atoms with Crippen LogP contribution in [-0.4, -0.2) is 16.9 Å². The smallest absolute Gasteiger partial charge is 0.246 e. The number of carbonyl (C=O) groups is 1. The molecule has 3 heteroatoms. The maximum Gasteiger partial charge on any atom is 0.246 e. The van der Waals surface area contributed by atoms with Gasteiger partial charge in [-0.25, -0.2) is 0 Å². The van der Waals surface area contributed by atoms with Crippen LogP contribution in [0, 0.1) is 0 Å². The highest BCUT2D eigenvalue weighted by Gasteiger charge is 2.12. The van der Waals surface area contributed by atoms with E-state index in [1.807, 2.05) is 32.2 Å². The fraction of sp³-hybridized carbons (Fsp3) is 0.312. The molecule has 3 nitrogen and oxygen atoms in total. The second-order valence-corrected chi connectivity index (χ2v) is 4.90. The van der Waals surface area contributed by atoms with Crippen molar-refractivity contribution >= 4 is 16.8 Å². The first-order valence-corrected chi connectivity index (χ1v) is 6.65. The number of amides is 1. The van der Waals surface area contributed by atoms with E-state index in [2.05, 4.69) is 29.0 Å². The molecule has 1 aromatic carbocycles. The number of aromatic nitrogens is 1. The van der Waals surface area contributed by atoms with E-state index in [4.69, 9.17) is 0 Å². The predicted octanol–water partition coefficient (Wildman–Crippen LogP) is 3.18. The first-order chi connectivity index (χ1) is 9.11. The van der Waals surface area contributed by atoms with Gasteiger partial charge in [0, 0.05) is 28.7 Å². The van der Waals surface area contributed by atoms with Gasteiger partial charge in [-0.15, -0.1) is 0 Å². The lowest BCUT2D eigenvalue weighted by molar-refractivity contribution is -0.118. The SMILES string of the molecule is C=C(CC)C(=O)N[C@H](C)Cc1c[nH]c2ccccc12. The lowest BCUT2D eigenvalue weighted by atomic mass is 10.1. The van der Waals surface area contributed by atoms with Gasteiger partial charge in [-0.1, -0.05) is 31.7 Å². The maximum atomic E-state index is 11.8. The Balaban J connectivity index is 2.05. The Labute approximate surface area is 113 Å². The topological polar surface area (TPSA) is 44.9 Å². The van der Waals surface area contributed by atoms with Gasteiger partial charge in [0.2, 0.25) is 5.91 Å². The Kier molecular flexibility index (Phi) is 4.05. The molecule has 0 aliphatic heterocycles. The summed E-state index contributed by atoms with van der Waals surface area (Å²) in [5.41, 5.74) is 2.99. The highest BCUT2D eigenvalue weighted by molar-refractivity contribution is 5.92. The van der Waals surface area contributed by atoms with Crippen molar-refractivity contribution in [3.05, 3.63) is 48.2 Å². The number of H-pyrrole nitrogens is 1. The molecule has 0 fully saturated rings. The molecule has 0 unspecified atom stereocenters. The van der Waals surface area contributed by atoms with Gasteiger partial charge in [-0.05, 0) is 31.4 Å². The van der Waals surface area contributed by atoms with E-state index in [9.17, 15) is 4.79 Å². The van der Waals surface area contributed by atoms with Gasteiger partial charge in [0.1, 0.15) is 0 Å². The minimum absolute atomic E-state index is 0.0464. The summed E-state index contributed by atoms with van der Waals surface area (Å²) < 4.78 is 0. The van der Waals surface area contributed by atoms with Crippen LogP contribution in [0.1, 0.15) is 25.8 Å². The molecule has 1 heterocycles. The van der Waals surface area contributed by atoms with E-state index in [-0.39, 0.29) is 11.9 Å². The molecular weight excluding hydrogens is 236 g/mol. The number of benzene rings is 1. The second-order valence-electron chi connectivity index (χ2n) is 4.90. The predicted molar refractivity (Wildman–Crippen MR) is 79.0 cm³/mol. The normalized spacial score (nSPS) is 12.3. The van der Waals surface area contributed by atoms with Crippen molar-refractivity contribution in [2.45, 2.75) is 32.7 Å². The van der Waals surface area contributed by atoms with Crippen LogP contribution >= 0.6 is 0 Å². The first kappa shape index (κ1) is 13.4. The number of aromatic amines is 1. The highest BCUT2D eigenvalue weighted by Crippen LogP contribution is 2.19. The van der Waals surface area contributed by atoms with Crippen molar-refractivity contribution in [3.63, 3.8) is 0 Å². The Bertz CT molecular complexity index is 598. The molecule has 0 bridgehead atoms. The number of fused-ring (bicyclic) bond motifs is 1. The zero-order valence-corrected chi connectivity index (χ0v) is 11.5. The summed E-state index contributed by atoms with van der Waals surface area (Å²) >= 11 is 0. The largest absolute Gasteiger partial charge is 0.361 e. The molecule has 1 aromatic heterocycles. The van der Waals surface area contributed by atoms with Crippen LogP contribution in [0.5, 0.6) is 0 Å². The molecule has 1 atom stereocenters. The van der Waals surface area contributed by atoms with E-state index in [1.165, 1.54) is 10.9 Å². The van der Waals surface area contributed by atoms with Crippen LogP contribution in [0.25, 0.3) is 10.9 Å². The van der Waals surface area contributed by atoms with Crippen LogP contribution in [0.15, 0.2) is 42.6 Å². The van der Waals surface area contributed by atoms with Gasteiger partial charge < -0.3 is 10.3 Å². The lowest BCUT2D eigenvalue weighted by Crippen LogP contribution is -2.34. The van der Waals surface area contributed by atoms with Crippen LogP contribution < -0.4 is 5.32 Å². The van der Waals surface area contributed by atoms with Crippen LogP contribution in [-0.2, 0) is 11.2 Å². The summed E-state index contributed by atoms with van der Waals surface area (Å²) in [7, 11) is 0. The molecule has 2 aromatic rings. The minimum atomic E-state index is -0.0464. The third-order valence-electron chi connectivity index (χ3n) is 3.33. The van der Waals surface area contributed by atoms with Crippen molar-refractivity contribution in [1.29, 1.82) is 0 Å². The molecule has 2 N–H and O–H groups in total. The number of nitrogens with one attached hydrogen (secondary N) is 2. The maximum absolute atomic E-state index is 11.8. The van der Waals surface area contributed by atoms with Crippen LogP contribution in [0.4, 0.5) is 0 Å². The number of hydrogen-bond acceptors (Lipinski definition) is 1. The molecular formula is C16H20N2O. The number of rotatable bonds is 5. The number of hydrogen-bond donors (Lipinski definition) is 2. The van der Waals surface area contributed by atoms with E-state index in [0.717, 1.165) is 11.9 Å². The van der Waals surface area contributed by atoms with Gasteiger partial charge in [-0.2, -0.15) is 0 Å². The van der Waals surface area contributed by atoms with E-state index in [0.29, 0.717) is 12.0 Å². The van der Waals surface area contributed by atoms with E-state index >= 15 is 0 Å². The molecule has 100 valence electrons. The van der Waals surface area contributed by atoms with Crippen molar-refractivity contribution < 1.29 is 4.79 Å². The Hall–Kier alpha value is -2.03. The summed E-state index contributed by atoms with van der Waals surface area (Å²) in [6.07, 6.45) is 3.51. The zero-order chi connectivity index (χ0) is 13.8. The molecule has 0 aliphatic rings. The highest BCUT2D eigenvalue weighted by atomic mass is 16.1. The van der Waals surface area contributed by atoms with Crippen molar-refractivity contribution in [3.8, 4) is 0 Å². The summed E-state index contributed by atoms with van der Waals surface area (Å²) in [5.74, 6) is -0.0464. The fourth-order valence-electron chi connectivity index (χ4n) is 2.17. The average Bonchev–Trinajstić information content (AvgIpc) is 2.81. The lowest BCUT2D eigenvalue weighted by Gasteiger charge is -2.14. The summed E-state index contributed by atoms with van der Waals surface area (Å²) in [4.78, 5) is 15.0. The van der Waals surface area contributed by atoms with Gasteiger partial charge in [-0.3, -0.25) is 4.79 Å². The van der Waals surface area contributed by atoms with Crippen LogP contribution in [0.2, 0.25) is 0 Å². The molecule has 0 spiro atoms. The summed E-state index contributed by atoms with van der Waals surface area (Å²) in [5, 5.41) is 4.20. The molecule has 0 radical (unpaired) electrons. The Morgan fingerprint density at radius 1 is 1.42 bits per heavy atom. The Morgan fingerprint density at radius 3 is 2.89 bits per heavy atom. The van der Waals surface area contributed by atoms with Gasteiger partial charge in [0.25, 0.3) is 0 Å². The zero-order valence-electron chi connectivity index (χ0n) is 11.5. The molecule has 0 aliphatic carbocycles. The first-order valence-electron chi connectivity index (χ1n) is 6.65. The number of para-hydroxylation sites is 1. The van der Waals surface area contributed by atoms with Gasteiger partial charge in [0.05, 0.1) is 0 Å². The van der Waals surface area contributed by atoms with E-state index in [1.54, 1.807) is 0 Å². The van der Waals surface area contributed by atoms with Crippen molar-refractivity contribution in [1.82, 2.24) is 10.3 Å². The molecule has 1 amide bonds. The average molecular weight is 256 g/mol. The Morgan fingerprint density at radius 2 is 2.16 bits per heavy atom. The third kappa shape index (κ3) is 3.05. The third-order valence-corrected chi connectivity index (χ3v) is 3.33. The summed E-state index contributed by atoms with van der Waals surface area (Å²) in [6.45, 7) is 7.71. The van der Waals surface area contributed by atoms with Gasteiger partial charge in [0.15, 0.2) is 0 Å². The fourth-order valence-corrected chi connectivity index (χ4v) is 2.17. The molecule has 19 heavy (non-hydrogen) atoms. The van der Waals surface area contributed by atoms with Crippen molar-refractivity contribution in [2.75, 3.05) is 0 Å². The van der Waals surface area contributed by atoms with Crippen molar-refractivity contribution in [2.24, 2.45) is 0 Å². The summed E-state index contributed by atoms with van der Waals surface area (Å²) in [6, 6.07) is 8.29. The monoisotopic (exact) mass is 256 g/mol. The van der Waals surface area contributed by atoms with E-state index < -0.39 is 0 Å². The standard InChI is InChI=1S/C16H20N2O/c1-4-11(2)16(19)18-12(3)9-13-10-17-15-8-6-5-7-14(13)15/h5-8,10,12,17H,2,4,9H2,1,3H3,(H,18,19)/t12-/m1/s1. The minimum Gasteiger partial charge on any atom is -0.361 e. The molecule has 0 saturated carbocycles. The number of carbonyl (C=O) groups excluding carboxylic acids is 1. The second kappa shape index (κ2) is 5.74. The van der Waals surface area contributed by atoms with Gasteiger partial charge >= 0.3 is 0 Å². The molecule has 0 saturated heterocycles. The molecule has 2 rings (SSSR count). The quantitative estimate of drug-likeness (QED) is 0.793. The van der Waals surface area contributed by atoms with Crippen LogP contribution in [0.3, 0.4) is 0 Å².